The molecule has 0 aliphatic heterocycles. The Kier molecular flexibility index (Phi) is 4.66. The zero-order valence-electron chi connectivity index (χ0n) is 12.5. The number of carbonyl (C=O) groups is 1. The SMILES string of the molecule is CC(C(N)=O)C1([C@@H](O)C(F)(F)F)C=CC(c2ccccc2)=CC1. The van der Waals surface area contributed by atoms with Gasteiger partial charge in [-0.05, 0) is 17.6 Å². The third-order valence-corrected chi connectivity index (χ3v) is 4.41. The molecule has 0 saturated heterocycles. The number of hydrogen-bond acceptors (Lipinski definition) is 2. The Labute approximate surface area is 132 Å². The molecule has 124 valence electrons. The van der Waals surface area contributed by atoms with E-state index in [-0.39, 0.29) is 6.42 Å². The van der Waals surface area contributed by atoms with Gasteiger partial charge in [0.15, 0.2) is 6.10 Å². The molecule has 2 rings (SSSR count). The van der Waals surface area contributed by atoms with Gasteiger partial charge in [0, 0.05) is 11.3 Å². The highest BCUT2D eigenvalue weighted by atomic mass is 19.4. The fourth-order valence-corrected chi connectivity index (χ4v) is 2.84. The summed E-state index contributed by atoms with van der Waals surface area (Å²) in [6, 6.07) is 9.15. The van der Waals surface area contributed by atoms with Crippen molar-refractivity contribution in [3.05, 3.63) is 54.1 Å². The van der Waals surface area contributed by atoms with Gasteiger partial charge >= 0.3 is 6.18 Å². The normalized spacial score (nSPS) is 24.0. The number of primary amides is 1. The van der Waals surface area contributed by atoms with Crippen LogP contribution in [0, 0.1) is 11.3 Å². The number of nitrogens with two attached hydrogens (primary N) is 1. The van der Waals surface area contributed by atoms with Crippen molar-refractivity contribution < 1.29 is 23.1 Å². The van der Waals surface area contributed by atoms with Gasteiger partial charge in [-0.2, -0.15) is 13.2 Å². The van der Waals surface area contributed by atoms with Gasteiger partial charge in [0.05, 0.1) is 0 Å². The minimum atomic E-state index is -4.84. The minimum absolute atomic E-state index is 0.126. The zero-order valence-corrected chi connectivity index (χ0v) is 12.5. The van der Waals surface area contributed by atoms with E-state index in [0.29, 0.717) is 0 Å². The molecule has 1 amide bonds. The van der Waals surface area contributed by atoms with Gasteiger partial charge in [-0.15, -0.1) is 0 Å². The molecular weight excluding hydrogens is 307 g/mol. The summed E-state index contributed by atoms with van der Waals surface area (Å²) in [6.07, 6.45) is -3.26. The van der Waals surface area contributed by atoms with Gasteiger partial charge in [0.2, 0.25) is 5.91 Å². The van der Waals surface area contributed by atoms with E-state index in [1.807, 2.05) is 30.3 Å². The van der Waals surface area contributed by atoms with Gasteiger partial charge in [-0.1, -0.05) is 55.5 Å². The lowest BCUT2D eigenvalue weighted by molar-refractivity contribution is -0.237. The van der Waals surface area contributed by atoms with Crippen LogP contribution < -0.4 is 5.73 Å². The fourth-order valence-electron chi connectivity index (χ4n) is 2.84. The van der Waals surface area contributed by atoms with Crippen LogP contribution in [0.4, 0.5) is 13.2 Å². The average molecular weight is 325 g/mol. The van der Waals surface area contributed by atoms with Crippen LogP contribution in [0.5, 0.6) is 0 Å². The predicted molar refractivity (Wildman–Crippen MR) is 81.0 cm³/mol. The van der Waals surface area contributed by atoms with E-state index in [0.717, 1.165) is 11.1 Å². The van der Waals surface area contributed by atoms with Gasteiger partial charge < -0.3 is 10.8 Å². The number of amides is 1. The highest BCUT2D eigenvalue weighted by molar-refractivity contribution is 5.80. The Balaban J connectivity index is 2.39. The zero-order chi connectivity index (χ0) is 17.3. The molecule has 6 heteroatoms. The monoisotopic (exact) mass is 325 g/mol. The smallest absolute Gasteiger partial charge is 0.383 e. The van der Waals surface area contributed by atoms with Gasteiger partial charge in [0.25, 0.3) is 0 Å². The lowest BCUT2D eigenvalue weighted by Crippen LogP contribution is -2.51. The van der Waals surface area contributed by atoms with E-state index in [9.17, 15) is 23.1 Å². The number of allylic oxidation sites excluding steroid dienone is 3. The lowest BCUT2D eigenvalue weighted by Gasteiger charge is -2.41. The Hall–Kier alpha value is -2.08. The van der Waals surface area contributed by atoms with Gasteiger partial charge in [0.1, 0.15) is 0 Å². The maximum absolute atomic E-state index is 13.1. The van der Waals surface area contributed by atoms with Crippen LogP contribution in [0.25, 0.3) is 5.57 Å². The van der Waals surface area contributed by atoms with Gasteiger partial charge in [-0.25, -0.2) is 0 Å². The molecule has 1 aliphatic rings. The second kappa shape index (κ2) is 6.20. The number of hydrogen-bond donors (Lipinski definition) is 2. The number of carbonyl (C=O) groups excluding carboxylic acids is 1. The quantitative estimate of drug-likeness (QED) is 0.893. The first-order chi connectivity index (χ1) is 10.7. The van der Waals surface area contributed by atoms with E-state index < -0.39 is 29.5 Å². The van der Waals surface area contributed by atoms with Crippen LogP contribution in [0.2, 0.25) is 0 Å². The van der Waals surface area contributed by atoms with Crippen molar-refractivity contribution in [1.29, 1.82) is 0 Å². The number of aliphatic hydroxyl groups excluding tert-OH is 1. The molecule has 0 fully saturated rings. The highest BCUT2D eigenvalue weighted by Crippen LogP contribution is 2.47. The Bertz CT molecular complexity index is 637. The Morgan fingerprint density at radius 2 is 1.91 bits per heavy atom. The summed E-state index contributed by atoms with van der Waals surface area (Å²) < 4.78 is 39.2. The third-order valence-electron chi connectivity index (χ3n) is 4.41. The number of alkyl halides is 3. The standard InChI is InChI=1S/C17H18F3NO2/c1-11(14(21)22)16(15(23)17(18,19)20)9-7-13(8-10-16)12-5-3-2-4-6-12/h2-9,11,15,23H,10H2,1H3,(H2,21,22)/t11?,15-,16?/m1/s1. The first-order valence-corrected chi connectivity index (χ1v) is 7.17. The Morgan fingerprint density at radius 3 is 2.35 bits per heavy atom. The largest absolute Gasteiger partial charge is 0.415 e. The summed E-state index contributed by atoms with van der Waals surface area (Å²) in [4.78, 5) is 11.5. The van der Waals surface area contributed by atoms with Crippen molar-refractivity contribution in [3.63, 3.8) is 0 Å². The van der Waals surface area contributed by atoms with E-state index in [4.69, 9.17) is 5.73 Å². The molecular formula is C17H18F3NO2. The maximum atomic E-state index is 13.1. The van der Waals surface area contributed by atoms with Crippen molar-refractivity contribution in [2.75, 3.05) is 0 Å². The lowest BCUT2D eigenvalue weighted by atomic mass is 9.66. The molecule has 0 bridgehead atoms. The van der Waals surface area contributed by atoms with E-state index in [1.165, 1.54) is 19.1 Å². The molecule has 1 aromatic rings. The third kappa shape index (κ3) is 3.32. The predicted octanol–water partition coefficient (Wildman–Crippen LogP) is 3.06. The first-order valence-electron chi connectivity index (χ1n) is 7.17. The molecule has 3 nitrogen and oxygen atoms in total. The molecule has 1 aliphatic carbocycles. The van der Waals surface area contributed by atoms with Crippen LogP contribution >= 0.6 is 0 Å². The van der Waals surface area contributed by atoms with Gasteiger partial charge in [-0.3, -0.25) is 4.79 Å². The van der Waals surface area contributed by atoms with Crippen molar-refractivity contribution >= 4 is 11.5 Å². The second-order valence-electron chi connectivity index (χ2n) is 5.74. The molecule has 3 atom stereocenters. The second-order valence-corrected chi connectivity index (χ2v) is 5.74. The van der Waals surface area contributed by atoms with Crippen LogP contribution in [0.3, 0.4) is 0 Å². The van der Waals surface area contributed by atoms with Crippen LogP contribution in [-0.4, -0.2) is 23.3 Å². The number of aliphatic hydroxyl groups is 1. The topological polar surface area (TPSA) is 63.3 Å². The summed E-state index contributed by atoms with van der Waals surface area (Å²) in [6.45, 7) is 1.31. The number of benzene rings is 1. The molecule has 3 N–H and O–H groups in total. The summed E-state index contributed by atoms with van der Waals surface area (Å²) in [5, 5.41) is 9.82. The van der Waals surface area contributed by atoms with E-state index in [1.54, 1.807) is 6.08 Å². The van der Waals surface area contributed by atoms with Crippen molar-refractivity contribution in [2.24, 2.45) is 17.1 Å². The minimum Gasteiger partial charge on any atom is -0.383 e. The van der Waals surface area contributed by atoms with Crippen molar-refractivity contribution in [2.45, 2.75) is 25.6 Å². The number of halogens is 3. The molecule has 0 saturated carbocycles. The van der Waals surface area contributed by atoms with Crippen LogP contribution in [0.15, 0.2) is 48.6 Å². The summed E-state index contributed by atoms with van der Waals surface area (Å²) in [5.41, 5.74) is 5.01. The molecule has 0 heterocycles. The highest BCUT2D eigenvalue weighted by Gasteiger charge is 2.55. The summed E-state index contributed by atoms with van der Waals surface area (Å²) in [5.74, 6) is -2.04. The van der Waals surface area contributed by atoms with E-state index >= 15 is 0 Å². The Morgan fingerprint density at radius 1 is 1.30 bits per heavy atom. The molecule has 0 radical (unpaired) electrons. The molecule has 0 spiro atoms. The van der Waals surface area contributed by atoms with Crippen LogP contribution in [-0.2, 0) is 4.79 Å². The molecule has 2 unspecified atom stereocenters. The van der Waals surface area contributed by atoms with Crippen molar-refractivity contribution in [3.8, 4) is 0 Å². The molecule has 0 aromatic heterocycles. The number of rotatable bonds is 4. The van der Waals surface area contributed by atoms with E-state index in [2.05, 4.69) is 0 Å². The summed E-state index contributed by atoms with van der Waals surface area (Å²) in [7, 11) is 0. The molecule has 23 heavy (non-hydrogen) atoms. The van der Waals surface area contributed by atoms with Crippen LogP contribution in [0.1, 0.15) is 18.9 Å². The van der Waals surface area contributed by atoms with Crippen molar-refractivity contribution in [1.82, 2.24) is 0 Å². The maximum Gasteiger partial charge on any atom is 0.415 e. The molecule has 1 aromatic carbocycles. The first kappa shape index (κ1) is 17.3. The fraction of sp³-hybridized carbons (Fsp3) is 0.353. The average Bonchev–Trinajstić information content (AvgIpc) is 2.53. The summed E-state index contributed by atoms with van der Waals surface area (Å²) >= 11 is 0.